The zero-order valence-electron chi connectivity index (χ0n) is 9.10. The molecule has 0 aliphatic heterocycles. The third-order valence-corrected chi connectivity index (χ3v) is 2.25. The molecule has 0 aliphatic carbocycles. The third-order valence-electron chi connectivity index (χ3n) is 2.25. The molecule has 82 valence electrons. The van der Waals surface area contributed by atoms with Gasteiger partial charge in [-0.15, -0.1) is 0 Å². The topological polar surface area (TPSA) is 63.4 Å². The second kappa shape index (κ2) is 3.98. The van der Waals surface area contributed by atoms with Crippen molar-refractivity contribution in [2.24, 2.45) is 5.41 Å². The first-order valence-electron chi connectivity index (χ1n) is 4.75. The lowest BCUT2D eigenvalue weighted by Gasteiger charge is -2.25. The largest absolute Gasteiger partial charge is 0.388 e. The Morgan fingerprint density at radius 1 is 1.33 bits per heavy atom. The van der Waals surface area contributed by atoms with Gasteiger partial charge in [0, 0.05) is 6.07 Å². The van der Waals surface area contributed by atoms with Gasteiger partial charge in [0.25, 0.3) is 5.69 Å². The highest BCUT2D eigenvalue weighted by Gasteiger charge is 2.29. The number of hydrogen-bond acceptors (Lipinski definition) is 3. The molecule has 0 heterocycles. The summed E-state index contributed by atoms with van der Waals surface area (Å²) >= 11 is 0. The first kappa shape index (κ1) is 11.7. The van der Waals surface area contributed by atoms with Gasteiger partial charge in [-0.05, 0) is 11.5 Å². The number of para-hydroxylation sites is 1. The van der Waals surface area contributed by atoms with Gasteiger partial charge >= 0.3 is 0 Å². The SMILES string of the molecule is CC(C)(C)C(O)c1ccccc1[N+](=O)[O-]. The maximum absolute atomic E-state index is 10.7. The molecule has 4 nitrogen and oxygen atoms in total. The van der Waals surface area contributed by atoms with Crippen LogP contribution in [0.25, 0.3) is 0 Å². The highest BCUT2D eigenvalue weighted by atomic mass is 16.6. The van der Waals surface area contributed by atoms with Crippen LogP contribution in [-0.4, -0.2) is 10.0 Å². The summed E-state index contributed by atoms with van der Waals surface area (Å²) in [4.78, 5) is 10.3. The molecule has 4 heteroatoms. The number of rotatable bonds is 2. The summed E-state index contributed by atoms with van der Waals surface area (Å²) in [5.74, 6) is 0. The monoisotopic (exact) mass is 209 g/mol. The van der Waals surface area contributed by atoms with Crippen LogP contribution in [0.15, 0.2) is 24.3 Å². The Kier molecular flexibility index (Phi) is 3.09. The molecular formula is C11H15NO3. The average molecular weight is 209 g/mol. The quantitative estimate of drug-likeness (QED) is 0.601. The highest BCUT2D eigenvalue weighted by molar-refractivity contribution is 5.41. The van der Waals surface area contributed by atoms with Gasteiger partial charge in [0.1, 0.15) is 0 Å². The van der Waals surface area contributed by atoms with Gasteiger partial charge < -0.3 is 5.11 Å². The maximum atomic E-state index is 10.7. The minimum atomic E-state index is -0.834. The molecule has 1 unspecified atom stereocenters. The molecule has 1 aromatic rings. The van der Waals surface area contributed by atoms with E-state index in [1.165, 1.54) is 6.07 Å². The van der Waals surface area contributed by atoms with Crippen molar-refractivity contribution in [3.8, 4) is 0 Å². The fourth-order valence-electron chi connectivity index (χ4n) is 1.35. The van der Waals surface area contributed by atoms with Crippen LogP contribution in [0.2, 0.25) is 0 Å². The normalized spacial score (nSPS) is 13.6. The Labute approximate surface area is 88.7 Å². The Balaban J connectivity index is 3.19. The number of nitro groups is 1. The summed E-state index contributed by atoms with van der Waals surface area (Å²) in [5, 5.41) is 20.7. The van der Waals surface area contributed by atoms with E-state index in [9.17, 15) is 15.2 Å². The van der Waals surface area contributed by atoms with Crippen molar-refractivity contribution in [2.75, 3.05) is 0 Å². The number of aliphatic hydroxyl groups is 1. The van der Waals surface area contributed by atoms with Crippen LogP contribution < -0.4 is 0 Å². The van der Waals surface area contributed by atoms with Gasteiger partial charge in [0.15, 0.2) is 0 Å². The van der Waals surface area contributed by atoms with Crippen LogP contribution in [0, 0.1) is 15.5 Å². The van der Waals surface area contributed by atoms with E-state index in [1.54, 1.807) is 18.2 Å². The van der Waals surface area contributed by atoms with Crippen molar-refractivity contribution in [2.45, 2.75) is 26.9 Å². The van der Waals surface area contributed by atoms with Gasteiger partial charge in [-0.1, -0.05) is 32.9 Å². The van der Waals surface area contributed by atoms with Gasteiger partial charge in [-0.2, -0.15) is 0 Å². The van der Waals surface area contributed by atoms with Crippen LogP contribution in [0.4, 0.5) is 5.69 Å². The predicted molar refractivity (Wildman–Crippen MR) is 57.5 cm³/mol. The van der Waals surface area contributed by atoms with E-state index in [-0.39, 0.29) is 5.69 Å². The fraction of sp³-hybridized carbons (Fsp3) is 0.455. The van der Waals surface area contributed by atoms with E-state index in [0.717, 1.165) is 0 Å². The molecule has 0 aliphatic rings. The molecule has 0 amide bonds. The molecule has 0 saturated carbocycles. The third kappa shape index (κ3) is 2.53. The van der Waals surface area contributed by atoms with Crippen LogP contribution >= 0.6 is 0 Å². The second-order valence-electron chi connectivity index (χ2n) is 4.58. The van der Waals surface area contributed by atoms with Crippen molar-refractivity contribution >= 4 is 5.69 Å². The van der Waals surface area contributed by atoms with Crippen molar-refractivity contribution in [1.29, 1.82) is 0 Å². The van der Waals surface area contributed by atoms with Gasteiger partial charge in [-0.25, -0.2) is 0 Å². The van der Waals surface area contributed by atoms with Gasteiger partial charge in [0.2, 0.25) is 0 Å². The molecule has 0 radical (unpaired) electrons. The summed E-state index contributed by atoms with van der Waals surface area (Å²) in [6, 6.07) is 6.28. The molecule has 0 saturated heterocycles. The number of nitro benzene ring substituents is 1. The average Bonchev–Trinajstić information content (AvgIpc) is 2.15. The summed E-state index contributed by atoms with van der Waals surface area (Å²) in [7, 11) is 0. The summed E-state index contributed by atoms with van der Waals surface area (Å²) < 4.78 is 0. The van der Waals surface area contributed by atoms with E-state index < -0.39 is 16.4 Å². The fourth-order valence-corrected chi connectivity index (χ4v) is 1.35. The van der Waals surface area contributed by atoms with Crippen molar-refractivity contribution in [1.82, 2.24) is 0 Å². The molecule has 0 aromatic heterocycles. The molecule has 15 heavy (non-hydrogen) atoms. The summed E-state index contributed by atoms with van der Waals surface area (Å²) in [5.41, 5.74) is -0.0681. The molecule has 0 bridgehead atoms. The molecule has 1 N–H and O–H groups in total. The first-order chi connectivity index (χ1) is 6.84. The number of nitrogens with zero attached hydrogens (tertiary/aromatic N) is 1. The molecule has 1 atom stereocenters. The first-order valence-corrected chi connectivity index (χ1v) is 4.75. The summed E-state index contributed by atoms with van der Waals surface area (Å²) in [6.07, 6.45) is -0.834. The molecular weight excluding hydrogens is 194 g/mol. The number of aliphatic hydroxyl groups excluding tert-OH is 1. The standard InChI is InChI=1S/C11H15NO3/c1-11(2,3)10(13)8-6-4-5-7-9(8)12(14)15/h4-7,10,13H,1-3H3. The van der Waals surface area contributed by atoms with E-state index in [2.05, 4.69) is 0 Å². The zero-order valence-corrected chi connectivity index (χ0v) is 9.10. The lowest BCUT2D eigenvalue weighted by atomic mass is 9.84. The van der Waals surface area contributed by atoms with Gasteiger partial charge in [0.05, 0.1) is 16.6 Å². The van der Waals surface area contributed by atoms with E-state index in [0.29, 0.717) is 5.56 Å². The minimum absolute atomic E-state index is 0.0278. The van der Waals surface area contributed by atoms with Crippen molar-refractivity contribution in [3.05, 3.63) is 39.9 Å². The van der Waals surface area contributed by atoms with Crippen molar-refractivity contribution in [3.63, 3.8) is 0 Å². The molecule has 1 rings (SSSR count). The lowest BCUT2D eigenvalue weighted by molar-refractivity contribution is -0.386. The van der Waals surface area contributed by atoms with Crippen LogP contribution in [0.5, 0.6) is 0 Å². The highest BCUT2D eigenvalue weighted by Crippen LogP contribution is 2.36. The Morgan fingerprint density at radius 3 is 2.33 bits per heavy atom. The zero-order chi connectivity index (χ0) is 11.6. The Bertz CT molecular complexity index is 368. The molecule has 0 spiro atoms. The molecule has 1 aromatic carbocycles. The lowest BCUT2D eigenvalue weighted by Crippen LogP contribution is -2.18. The van der Waals surface area contributed by atoms with Crippen LogP contribution in [0.1, 0.15) is 32.4 Å². The van der Waals surface area contributed by atoms with Crippen LogP contribution in [-0.2, 0) is 0 Å². The maximum Gasteiger partial charge on any atom is 0.275 e. The summed E-state index contributed by atoms with van der Waals surface area (Å²) in [6.45, 7) is 5.52. The second-order valence-corrected chi connectivity index (χ2v) is 4.58. The van der Waals surface area contributed by atoms with Crippen molar-refractivity contribution < 1.29 is 10.0 Å². The molecule has 0 fully saturated rings. The number of benzene rings is 1. The van der Waals surface area contributed by atoms with E-state index in [4.69, 9.17) is 0 Å². The number of hydrogen-bond donors (Lipinski definition) is 1. The van der Waals surface area contributed by atoms with Crippen LogP contribution in [0.3, 0.4) is 0 Å². The Hall–Kier alpha value is -1.42. The Morgan fingerprint density at radius 2 is 1.87 bits per heavy atom. The smallest absolute Gasteiger partial charge is 0.275 e. The van der Waals surface area contributed by atoms with E-state index >= 15 is 0 Å². The predicted octanol–water partition coefficient (Wildman–Crippen LogP) is 2.67. The van der Waals surface area contributed by atoms with E-state index in [1.807, 2.05) is 20.8 Å². The van der Waals surface area contributed by atoms with Gasteiger partial charge in [-0.3, -0.25) is 10.1 Å². The minimum Gasteiger partial charge on any atom is -0.388 e.